The number of phenolic OH excluding ortho intramolecular Hbond substituents is 1. The van der Waals surface area contributed by atoms with Crippen LogP contribution in [0.25, 0.3) is 0 Å². The SMILES string of the molecule is COc1ccc([C@@]2(O)OC(=O)c3ccccc3C2O)cc1O. The number of ether oxygens (including phenoxy) is 2. The molecule has 0 bridgehead atoms. The molecule has 0 aliphatic carbocycles. The van der Waals surface area contributed by atoms with Gasteiger partial charge in [0.05, 0.1) is 12.7 Å². The van der Waals surface area contributed by atoms with Crippen molar-refractivity contribution in [3.63, 3.8) is 0 Å². The van der Waals surface area contributed by atoms with Crippen LogP contribution in [0.1, 0.15) is 27.6 Å². The summed E-state index contributed by atoms with van der Waals surface area (Å²) in [7, 11) is 1.38. The Bertz CT molecular complexity index is 741. The molecule has 0 spiro atoms. The van der Waals surface area contributed by atoms with Gasteiger partial charge in [0.2, 0.25) is 0 Å². The number of carbonyl (C=O) groups excluding carboxylic acids is 1. The lowest BCUT2D eigenvalue weighted by atomic mass is 9.89. The van der Waals surface area contributed by atoms with Gasteiger partial charge in [-0.3, -0.25) is 0 Å². The number of fused-ring (bicyclic) bond motifs is 1. The number of methoxy groups -OCH3 is 1. The van der Waals surface area contributed by atoms with Crippen molar-refractivity contribution >= 4 is 5.97 Å². The first-order valence-corrected chi connectivity index (χ1v) is 6.57. The molecular weight excluding hydrogens is 288 g/mol. The molecule has 0 saturated heterocycles. The maximum absolute atomic E-state index is 12.0. The van der Waals surface area contributed by atoms with Crippen molar-refractivity contribution in [2.75, 3.05) is 7.11 Å². The average Bonchev–Trinajstić information content (AvgIpc) is 2.52. The Labute approximate surface area is 126 Å². The minimum absolute atomic E-state index is 0.0427. The molecule has 114 valence electrons. The molecule has 6 heteroatoms. The molecule has 3 N–H and O–H groups in total. The predicted molar refractivity (Wildman–Crippen MR) is 75.4 cm³/mol. The van der Waals surface area contributed by atoms with Crippen LogP contribution in [0.4, 0.5) is 0 Å². The first-order valence-electron chi connectivity index (χ1n) is 6.57. The number of cyclic esters (lactones) is 1. The molecule has 2 atom stereocenters. The third kappa shape index (κ3) is 2.01. The number of hydrogen-bond donors (Lipinski definition) is 3. The van der Waals surface area contributed by atoms with Crippen LogP contribution in [0, 0.1) is 0 Å². The van der Waals surface area contributed by atoms with Crippen molar-refractivity contribution in [3.8, 4) is 11.5 Å². The molecule has 22 heavy (non-hydrogen) atoms. The van der Waals surface area contributed by atoms with Crippen molar-refractivity contribution in [1.29, 1.82) is 0 Å². The zero-order valence-electron chi connectivity index (χ0n) is 11.7. The lowest BCUT2D eigenvalue weighted by molar-refractivity contribution is -0.242. The maximum Gasteiger partial charge on any atom is 0.341 e. The van der Waals surface area contributed by atoms with Crippen molar-refractivity contribution in [2.45, 2.75) is 11.9 Å². The Kier molecular flexibility index (Phi) is 3.27. The van der Waals surface area contributed by atoms with Gasteiger partial charge >= 0.3 is 5.97 Å². The van der Waals surface area contributed by atoms with Gasteiger partial charge in [0.1, 0.15) is 6.10 Å². The average molecular weight is 302 g/mol. The lowest BCUT2D eigenvalue weighted by Crippen LogP contribution is -2.43. The highest BCUT2D eigenvalue weighted by molar-refractivity contribution is 5.92. The number of aliphatic hydroxyl groups excluding tert-OH is 1. The lowest BCUT2D eigenvalue weighted by Gasteiger charge is -2.37. The number of phenols is 1. The monoisotopic (exact) mass is 302 g/mol. The number of aromatic hydroxyl groups is 1. The Hall–Kier alpha value is -2.57. The first-order chi connectivity index (χ1) is 10.5. The van der Waals surface area contributed by atoms with Crippen LogP contribution in [0.5, 0.6) is 11.5 Å². The molecule has 3 rings (SSSR count). The minimum atomic E-state index is -2.28. The molecule has 2 aromatic rings. The molecule has 2 aromatic carbocycles. The Morgan fingerprint density at radius 3 is 2.64 bits per heavy atom. The molecule has 1 unspecified atom stereocenters. The summed E-state index contributed by atoms with van der Waals surface area (Å²) >= 11 is 0. The second kappa shape index (κ2) is 5.01. The predicted octanol–water partition coefficient (Wildman–Crippen LogP) is 1.45. The van der Waals surface area contributed by atoms with Gasteiger partial charge in [0, 0.05) is 11.1 Å². The van der Waals surface area contributed by atoms with E-state index in [0.717, 1.165) is 0 Å². The minimum Gasteiger partial charge on any atom is -0.504 e. The molecule has 0 aromatic heterocycles. The molecule has 0 amide bonds. The topological polar surface area (TPSA) is 96.2 Å². The normalized spacial score (nSPS) is 23.6. The fourth-order valence-electron chi connectivity index (χ4n) is 2.51. The number of rotatable bonds is 2. The molecule has 6 nitrogen and oxygen atoms in total. The highest BCUT2D eigenvalue weighted by Crippen LogP contribution is 2.44. The van der Waals surface area contributed by atoms with Crippen molar-refractivity contribution < 1.29 is 29.6 Å². The van der Waals surface area contributed by atoms with Crippen LogP contribution >= 0.6 is 0 Å². The molecule has 1 aliphatic rings. The van der Waals surface area contributed by atoms with Gasteiger partial charge in [0.15, 0.2) is 11.5 Å². The Morgan fingerprint density at radius 2 is 1.95 bits per heavy atom. The van der Waals surface area contributed by atoms with Crippen molar-refractivity contribution in [1.82, 2.24) is 0 Å². The summed E-state index contributed by atoms with van der Waals surface area (Å²) in [6.07, 6.45) is -1.48. The maximum atomic E-state index is 12.0. The first kappa shape index (κ1) is 14.4. The second-order valence-corrected chi connectivity index (χ2v) is 4.96. The van der Waals surface area contributed by atoms with Crippen molar-refractivity contribution in [2.24, 2.45) is 0 Å². The van der Waals surface area contributed by atoms with Crippen LogP contribution in [0.15, 0.2) is 42.5 Å². The quantitative estimate of drug-likeness (QED) is 0.727. The van der Waals surface area contributed by atoms with Gasteiger partial charge in [-0.1, -0.05) is 18.2 Å². The van der Waals surface area contributed by atoms with E-state index in [2.05, 4.69) is 0 Å². The van der Waals surface area contributed by atoms with Gasteiger partial charge in [0.25, 0.3) is 5.79 Å². The fourth-order valence-corrected chi connectivity index (χ4v) is 2.51. The van der Waals surface area contributed by atoms with E-state index in [1.165, 1.54) is 37.4 Å². The summed E-state index contributed by atoms with van der Waals surface area (Å²) < 4.78 is 9.96. The van der Waals surface area contributed by atoms with E-state index in [1.807, 2.05) is 0 Å². The third-order valence-electron chi connectivity index (χ3n) is 3.69. The highest BCUT2D eigenvalue weighted by atomic mass is 16.7. The van der Waals surface area contributed by atoms with E-state index < -0.39 is 17.9 Å². The summed E-state index contributed by atoms with van der Waals surface area (Å²) in [5.74, 6) is -3.08. The van der Waals surface area contributed by atoms with Gasteiger partial charge < -0.3 is 24.8 Å². The summed E-state index contributed by atoms with van der Waals surface area (Å²) in [4.78, 5) is 12.0. The van der Waals surface area contributed by atoms with Crippen LogP contribution in [-0.4, -0.2) is 28.4 Å². The van der Waals surface area contributed by atoms with E-state index >= 15 is 0 Å². The van der Waals surface area contributed by atoms with Gasteiger partial charge in [-0.25, -0.2) is 4.79 Å². The van der Waals surface area contributed by atoms with Crippen LogP contribution in [0.3, 0.4) is 0 Å². The zero-order chi connectivity index (χ0) is 15.9. The highest BCUT2D eigenvalue weighted by Gasteiger charge is 2.48. The summed E-state index contributed by atoms with van der Waals surface area (Å²) in [5, 5.41) is 30.9. The van der Waals surface area contributed by atoms with Gasteiger partial charge in [-0.05, 0) is 24.3 Å². The fraction of sp³-hybridized carbons (Fsp3) is 0.188. The van der Waals surface area contributed by atoms with Crippen LogP contribution < -0.4 is 4.74 Å². The summed E-state index contributed by atoms with van der Waals surface area (Å²) in [5.41, 5.74) is 0.495. The smallest absolute Gasteiger partial charge is 0.341 e. The van der Waals surface area contributed by atoms with Crippen LogP contribution in [0.2, 0.25) is 0 Å². The number of carbonyl (C=O) groups is 1. The molecule has 1 heterocycles. The van der Waals surface area contributed by atoms with E-state index in [0.29, 0.717) is 0 Å². The molecule has 0 radical (unpaired) electrons. The number of benzene rings is 2. The van der Waals surface area contributed by atoms with E-state index in [1.54, 1.807) is 12.1 Å². The Balaban J connectivity index is 2.11. The largest absolute Gasteiger partial charge is 0.504 e. The van der Waals surface area contributed by atoms with Gasteiger partial charge in [-0.15, -0.1) is 0 Å². The number of aliphatic hydroxyl groups is 2. The zero-order valence-corrected chi connectivity index (χ0v) is 11.7. The summed E-state index contributed by atoms with van der Waals surface area (Å²) in [6, 6.07) is 10.3. The van der Waals surface area contributed by atoms with Crippen molar-refractivity contribution in [3.05, 3.63) is 59.2 Å². The third-order valence-corrected chi connectivity index (χ3v) is 3.69. The number of esters is 1. The van der Waals surface area contributed by atoms with Gasteiger partial charge in [-0.2, -0.15) is 0 Å². The van der Waals surface area contributed by atoms with E-state index in [4.69, 9.17) is 9.47 Å². The second-order valence-electron chi connectivity index (χ2n) is 4.96. The number of hydrogen-bond acceptors (Lipinski definition) is 6. The summed E-state index contributed by atoms with van der Waals surface area (Å²) in [6.45, 7) is 0. The van der Waals surface area contributed by atoms with E-state index in [9.17, 15) is 20.1 Å². The van der Waals surface area contributed by atoms with E-state index in [-0.39, 0.29) is 28.2 Å². The molecular formula is C16H14O6. The molecule has 0 fully saturated rings. The standard InChI is InChI=1S/C16H14O6/c1-21-13-7-6-9(8-12(13)17)16(20)14(18)10-4-2-3-5-11(10)15(19)22-16/h2-8,14,17-18,20H,1H3/t14?,16-/m1/s1. The molecule has 0 saturated carbocycles. The van der Waals surface area contributed by atoms with Crippen LogP contribution in [-0.2, 0) is 10.5 Å². The molecule has 1 aliphatic heterocycles. The Morgan fingerprint density at radius 1 is 1.23 bits per heavy atom.